The van der Waals surface area contributed by atoms with E-state index >= 15 is 0 Å². The monoisotopic (exact) mass is 276 g/mol. The normalized spacial score (nSPS) is 14.9. The van der Waals surface area contributed by atoms with E-state index in [2.05, 4.69) is 52.0 Å². The Labute approximate surface area is 128 Å². The first kappa shape index (κ1) is 19.2. The number of aryl methyl sites for hydroxylation is 1. The van der Waals surface area contributed by atoms with E-state index in [-0.39, 0.29) is 0 Å². The summed E-state index contributed by atoms with van der Waals surface area (Å²) in [6.07, 6.45) is 8.42. The standard InChI is InChI=1S/C13H18.C5H12.C2H6/c1-11-7-9-13(10-8-11)12-5-3-2-4-6-12;1-4-5(2)3;1-2/h7-10,12H,2-6H2,1H3;5H,4H2,1-3H3;1-2H3. The van der Waals surface area contributed by atoms with Gasteiger partial charge in [0.1, 0.15) is 0 Å². The second-order valence-corrected chi connectivity index (χ2v) is 6.05. The van der Waals surface area contributed by atoms with Crippen molar-refractivity contribution in [2.75, 3.05) is 0 Å². The highest BCUT2D eigenvalue weighted by Crippen LogP contribution is 2.32. The maximum atomic E-state index is 2.31. The highest BCUT2D eigenvalue weighted by molar-refractivity contribution is 5.24. The minimum absolute atomic E-state index is 0.856. The van der Waals surface area contributed by atoms with Crippen molar-refractivity contribution in [2.24, 2.45) is 5.92 Å². The number of rotatable bonds is 2. The molecule has 1 aromatic rings. The zero-order valence-electron chi connectivity index (χ0n) is 14.7. The molecule has 1 fully saturated rings. The van der Waals surface area contributed by atoms with Crippen molar-refractivity contribution >= 4 is 0 Å². The quantitative estimate of drug-likeness (QED) is 0.539. The van der Waals surface area contributed by atoms with Crippen molar-refractivity contribution < 1.29 is 0 Å². The van der Waals surface area contributed by atoms with Crippen molar-refractivity contribution in [2.45, 2.75) is 86.0 Å². The van der Waals surface area contributed by atoms with E-state index in [0.29, 0.717) is 0 Å². The molecule has 0 heteroatoms. The van der Waals surface area contributed by atoms with Crippen LogP contribution in [0.4, 0.5) is 0 Å². The summed E-state index contributed by atoms with van der Waals surface area (Å²) in [6, 6.07) is 9.10. The summed E-state index contributed by atoms with van der Waals surface area (Å²) in [7, 11) is 0. The van der Waals surface area contributed by atoms with Gasteiger partial charge in [-0.05, 0) is 37.2 Å². The number of benzene rings is 1. The Morgan fingerprint density at radius 2 is 1.40 bits per heavy atom. The van der Waals surface area contributed by atoms with Crippen LogP contribution in [-0.4, -0.2) is 0 Å². The van der Waals surface area contributed by atoms with Crippen molar-refractivity contribution in [1.29, 1.82) is 0 Å². The lowest BCUT2D eigenvalue weighted by molar-refractivity contribution is 0.443. The Morgan fingerprint density at radius 3 is 1.80 bits per heavy atom. The van der Waals surface area contributed by atoms with Gasteiger partial charge in [-0.3, -0.25) is 0 Å². The maximum absolute atomic E-state index is 2.31. The lowest BCUT2D eigenvalue weighted by atomic mass is 9.84. The van der Waals surface area contributed by atoms with Crippen LogP contribution in [0, 0.1) is 12.8 Å². The minimum Gasteiger partial charge on any atom is -0.0683 e. The van der Waals surface area contributed by atoms with Gasteiger partial charge < -0.3 is 0 Å². The van der Waals surface area contributed by atoms with E-state index in [1.165, 1.54) is 44.1 Å². The molecule has 0 N–H and O–H groups in total. The van der Waals surface area contributed by atoms with Crippen LogP contribution in [0.1, 0.15) is 90.2 Å². The Hall–Kier alpha value is -0.780. The van der Waals surface area contributed by atoms with E-state index in [4.69, 9.17) is 0 Å². The molecule has 2 rings (SSSR count). The molecular weight excluding hydrogens is 240 g/mol. The molecule has 0 heterocycles. The summed E-state index contributed by atoms with van der Waals surface area (Å²) >= 11 is 0. The summed E-state index contributed by atoms with van der Waals surface area (Å²) < 4.78 is 0. The minimum atomic E-state index is 0.856. The summed E-state index contributed by atoms with van der Waals surface area (Å²) in [5, 5.41) is 0. The topological polar surface area (TPSA) is 0 Å². The summed E-state index contributed by atoms with van der Waals surface area (Å²) in [4.78, 5) is 0. The van der Waals surface area contributed by atoms with Gasteiger partial charge in [0.2, 0.25) is 0 Å². The second kappa shape index (κ2) is 12.0. The van der Waals surface area contributed by atoms with Crippen LogP contribution in [0.2, 0.25) is 0 Å². The van der Waals surface area contributed by atoms with Crippen molar-refractivity contribution in [3.05, 3.63) is 35.4 Å². The fourth-order valence-electron chi connectivity index (χ4n) is 2.27. The molecule has 0 spiro atoms. The maximum Gasteiger partial charge on any atom is -0.0162 e. The van der Waals surface area contributed by atoms with E-state index in [1.54, 1.807) is 5.56 Å². The van der Waals surface area contributed by atoms with Crippen LogP contribution in [0.3, 0.4) is 0 Å². The van der Waals surface area contributed by atoms with E-state index < -0.39 is 0 Å². The third kappa shape index (κ3) is 8.40. The molecule has 0 radical (unpaired) electrons. The predicted molar refractivity (Wildman–Crippen MR) is 93.5 cm³/mol. The van der Waals surface area contributed by atoms with Crippen LogP contribution in [0.25, 0.3) is 0 Å². The van der Waals surface area contributed by atoms with Gasteiger partial charge in [-0.1, -0.05) is 90.1 Å². The molecule has 20 heavy (non-hydrogen) atoms. The van der Waals surface area contributed by atoms with Crippen molar-refractivity contribution in [1.82, 2.24) is 0 Å². The van der Waals surface area contributed by atoms with Crippen LogP contribution in [-0.2, 0) is 0 Å². The first-order valence-electron chi connectivity index (χ1n) is 8.70. The van der Waals surface area contributed by atoms with Crippen molar-refractivity contribution in [3.8, 4) is 0 Å². The lowest BCUT2D eigenvalue weighted by Gasteiger charge is -2.21. The van der Waals surface area contributed by atoms with Gasteiger partial charge in [0, 0.05) is 0 Å². The molecular formula is C20H36. The zero-order chi connectivity index (χ0) is 15.4. The smallest absolute Gasteiger partial charge is 0.0162 e. The lowest BCUT2D eigenvalue weighted by Crippen LogP contribution is -2.04. The summed E-state index contributed by atoms with van der Waals surface area (Å²) in [6.45, 7) is 12.8. The van der Waals surface area contributed by atoms with Crippen LogP contribution in [0.5, 0.6) is 0 Å². The number of hydrogen-bond acceptors (Lipinski definition) is 0. The highest BCUT2D eigenvalue weighted by atomic mass is 14.2. The van der Waals surface area contributed by atoms with Gasteiger partial charge in [0.05, 0.1) is 0 Å². The fraction of sp³-hybridized carbons (Fsp3) is 0.700. The molecule has 116 valence electrons. The number of hydrogen-bond donors (Lipinski definition) is 0. The summed E-state index contributed by atoms with van der Waals surface area (Å²) in [5.41, 5.74) is 2.94. The molecule has 0 unspecified atom stereocenters. The van der Waals surface area contributed by atoms with Crippen LogP contribution < -0.4 is 0 Å². The third-order valence-electron chi connectivity index (χ3n) is 3.97. The second-order valence-electron chi connectivity index (χ2n) is 6.05. The van der Waals surface area contributed by atoms with E-state index in [9.17, 15) is 0 Å². The average Bonchev–Trinajstić information content (AvgIpc) is 2.51. The molecule has 1 aliphatic carbocycles. The molecule has 0 atom stereocenters. The summed E-state index contributed by atoms with van der Waals surface area (Å²) in [5.74, 6) is 1.74. The van der Waals surface area contributed by atoms with Gasteiger partial charge >= 0.3 is 0 Å². The fourth-order valence-corrected chi connectivity index (χ4v) is 2.27. The molecule has 1 aliphatic rings. The molecule has 0 amide bonds. The molecule has 1 aromatic carbocycles. The first-order valence-corrected chi connectivity index (χ1v) is 8.70. The first-order chi connectivity index (χ1) is 9.63. The van der Waals surface area contributed by atoms with E-state index in [0.717, 1.165) is 11.8 Å². The Morgan fingerprint density at radius 1 is 0.950 bits per heavy atom. The van der Waals surface area contributed by atoms with Gasteiger partial charge in [-0.15, -0.1) is 0 Å². The Bertz CT molecular complexity index is 301. The molecule has 1 saturated carbocycles. The van der Waals surface area contributed by atoms with Gasteiger partial charge in [0.25, 0.3) is 0 Å². The highest BCUT2D eigenvalue weighted by Gasteiger charge is 2.14. The molecule has 0 saturated heterocycles. The SMILES string of the molecule is CC.CCC(C)C.Cc1ccc(C2CCCCC2)cc1. The molecule has 0 aliphatic heterocycles. The van der Waals surface area contributed by atoms with Crippen molar-refractivity contribution in [3.63, 3.8) is 0 Å². The van der Waals surface area contributed by atoms with E-state index in [1.807, 2.05) is 13.8 Å². The Kier molecular flexibility index (Phi) is 11.5. The Balaban J connectivity index is 0.000000441. The van der Waals surface area contributed by atoms with Gasteiger partial charge in [-0.25, -0.2) is 0 Å². The largest absolute Gasteiger partial charge is 0.0683 e. The van der Waals surface area contributed by atoms with Gasteiger partial charge in [0.15, 0.2) is 0 Å². The van der Waals surface area contributed by atoms with Gasteiger partial charge in [-0.2, -0.15) is 0 Å². The van der Waals surface area contributed by atoms with Crippen LogP contribution >= 0.6 is 0 Å². The molecule has 0 nitrogen and oxygen atoms in total. The predicted octanol–water partition coefficient (Wildman–Crippen LogP) is 7.12. The van der Waals surface area contributed by atoms with Crippen LogP contribution in [0.15, 0.2) is 24.3 Å². The zero-order valence-corrected chi connectivity index (χ0v) is 14.7. The average molecular weight is 277 g/mol. The molecule has 0 bridgehead atoms. The molecule has 0 aromatic heterocycles. The third-order valence-corrected chi connectivity index (χ3v) is 3.97.